The third-order valence-electron chi connectivity index (χ3n) is 4.25. The summed E-state index contributed by atoms with van der Waals surface area (Å²) in [7, 11) is 0. The Kier molecular flexibility index (Phi) is 5.31. The van der Waals surface area contributed by atoms with Gasteiger partial charge in [0.2, 0.25) is 0 Å². The normalized spacial score (nSPS) is 22.9. The Bertz CT molecular complexity index is 527. The van der Waals surface area contributed by atoms with Gasteiger partial charge in [-0.05, 0) is 46.2 Å². The van der Waals surface area contributed by atoms with Crippen LogP contribution in [0.3, 0.4) is 0 Å². The zero-order valence-electron chi connectivity index (χ0n) is 12.7. The zero-order chi connectivity index (χ0) is 15.6. The third-order valence-corrected chi connectivity index (χ3v) is 4.98. The number of nitrogens with zero attached hydrogens (tertiary/aromatic N) is 1. The Labute approximate surface area is 140 Å². The predicted octanol–water partition coefficient (Wildman–Crippen LogP) is 4.83. The molecule has 0 bridgehead atoms. The summed E-state index contributed by atoms with van der Waals surface area (Å²) in [6, 6.07) is 1.93. The van der Waals surface area contributed by atoms with Gasteiger partial charge in [0.15, 0.2) is 0 Å². The molecule has 2 unspecified atom stereocenters. The van der Waals surface area contributed by atoms with Gasteiger partial charge in [-0.15, -0.1) is 0 Å². The van der Waals surface area contributed by atoms with Gasteiger partial charge in [0, 0.05) is 16.7 Å². The van der Waals surface area contributed by atoms with E-state index < -0.39 is 0 Å². The van der Waals surface area contributed by atoms with Crippen molar-refractivity contribution >= 4 is 33.4 Å². The van der Waals surface area contributed by atoms with E-state index in [2.05, 4.69) is 47.0 Å². The first-order valence-electron chi connectivity index (χ1n) is 7.41. The minimum absolute atomic E-state index is 0.130. The van der Waals surface area contributed by atoms with Crippen molar-refractivity contribution in [3.63, 3.8) is 0 Å². The summed E-state index contributed by atoms with van der Waals surface area (Å²) < 4.78 is 0.757. The summed E-state index contributed by atoms with van der Waals surface area (Å²) >= 11 is 9.37. The second-order valence-electron chi connectivity index (χ2n) is 6.83. The number of rotatable bonds is 2. The molecule has 21 heavy (non-hydrogen) atoms. The van der Waals surface area contributed by atoms with Crippen molar-refractivity contribution in [3.8, 4) is 0 Å². The fraction of sp³-hybridized carbons (Fsp3) is 0.625. The first-order valence-corrected chi connectivity index (χ1v) is 8.58. The average Bonchev–Trinajstić information content (AvgIpc) is 2.41. The smallest absolute Gasteiger partial charge is 0.254 e. The first kappa shape index (κ1) is 16.8. The van der Waals surface area contributed by atoms with Crippen LogP contribution in [0.4, 0.5) is 0 Å². The number of nitrogens with one attached hydrogen (secondary N) is 1. The van der Waals surface area contributed by atoms with Gasteiger partial charge in [0.1, 0.15) is 5.15 Å². The van der Waals surface area contributed by atoms with E-state index in [1.165, 1.54) is 19.3 Å². The van der Waals surface area contributed by atoms with Gasteiger partial charge < -0.3 is 5.32 Å². The Morgan fingerprint density at radius 2 is 2.05 bits per heavy atom. The van der Waals surface area contributed by atoms with Gasteiger partial charge >= 0.3 is 0 Å². The van der Waals surface area contributed by atoms with E-state index in [1.807, 2.05) is 0 Å². The quantitative estimate of drug-likeness (QED) is 0.754. The second kappa shape index (κ2) is 6.66. The number of carbonyl (C=O) groups excluding carboxylic acids is 1. The molecular formula is C16H22BrClN2O. The van der Waals surface area contributed by atoms with Gasteiger partial charge in [-0.2, -0.15) is 0 Å². The molecule has 0 aromatic carbocycles. The molecule has 5 heteroatoms. The first-order chi connectivity index (χ1) is 9.79. The van der Waals surface area contributed by atoms with Crippen LogP contribution >= 0.6 is 27.5 Å². The second-order valence-corrected chi connectivity index (χ2v) is 8.10. The molecule has 3 nitrogen and oxygen atoms in total. The molecule has 116 valence electrons. The highest BCUT2D eigenvalue weighted by Crippen LogP contribution is 2.38. The SMILES string of the molecule is CC(C)(C)C1CCCCC1NC(=O)c1cc(Br)cnc1Cl. The minimum atomic E-state index is -0.130. The van der Waals surface area contributed by atoms with E-state index in [1.54, 1.807) is 12.3 Å². The van der Waals surface area contributed by atoms with Crippen LogP contribution in [0.1, 0.15) is 56.8 Å². The molecule has 0 saturated heterocycles. The molecule has 2 atom stereocenters. The van der Waals surface area contributed by atoms with Crippen LogP contribution in [-0.4, -0.2) is 16.9 Å². The van der Waals surface area contributed by atoms with Crippen LogP contribution in [0.15, 0.2) is 16.7 Å². The molecule has 2 rings (SSSR count). The maximum atomic E-state index is 12.5. The monoisotopic (exact) mass is 372 g/mol. The van der Waals surface area contributed by atoms with Crippen LogP contribution < -0.4 is 5.32 Å². The van der Waals surface area contributed by atoms with Gasteiger partial charge in [-0.1, -0.05) is 45.2 Å². The number of carbonyl (C=O) groups is 1. The fourth-order valence-corrected chi connectivity index (χ4v) is 3.69. The van der Waals surface area contributed by atoms with Crippen molar-refractivity contribution in [2.24, 2.45) is 11.3 Å². The Morgan fingerprint density at radius 1 is 1.38 bits per heavy atom. The lowest BCUT2D eigenvalue weighted by Gasteiger charge is -2.40. The van der Waals surface area contributed by atoms with E-state index >= 15 is 0 Å². The lowest BCUT2D eigenvalue weighted by atomic mass is 9.69. The number of amides is 1. The summed E-state index contributed by atoms with van der Waals surface area (Å²) in [5.74, 6) is 0.365. The number of pyridine rings is 1. The summed E-state index contributed by atoms with van der Waals surface area (Å²) in [5, 5.41) is 3.42. The Hall–Kier alpha value is -0.610. The van der Waals surface area contributed by atoms with Crippen molar-refractivity contribution in [3.05, 3.63) is 27.5 Å². The van der Waals surface area contributed by atoms with Gasteiger partial charge in [0.25, 0.3) is 5.91 Å². The molecule has 0 aliphatic heterocycles. The number of hydrogen-bond acceptors (Lipinski definition) is 2. The van der Waals surface area contributed by atoms with Crippen molar-refractivity contribution < 1.29 is 4.79 Å². The number of hydrogen-bond donors (Lipinski definition) is 1. The highest BCUT2D eigenvalue weighted by molar-refractivity contribution is 9.10. The van der Waals surface area contributed by atoms with Gasteiger partial charge in [0.05, 0.1) is 5.56 Å². The van der Waals surface area contributed by atoms with Crippen molar-refractivity contribution in [1.82, 2.24) is 10.3 Å². The number of halogens is 2. The van der Waals surface area contributed by atoms with Crippen LogP contribution in [-0.2, 0) is 0 Å². The molecule has 0 radical (unpaired) electrons. The summed E-state index contributed by atoms with van der Waals surface area (Å²) in [5.41, 5.74) is 0.627. The van der Waals surface area contributed by atoms with Gasteiger partial charge in [-0.3, -0.25) is 4.79 Å². The summed E-state index contributed by atoms with van der Waals surface area (Å²) in [6.45, 7) is 6.74. The largest absolute Gasteiger partial charge is 0.349 e. The van der Waals surface area contributed by atoms with Crippen molar-refractivity contribution in [2.75, 3.05) is 0 Å². The maximum absolute atomic E-state index is 12.5. The molecule has 1 N–H and O–H groups in total. The van der Waals surface area contributed by atoms with Crippen LogP contribution in [0.2, 0.25) is 5.15 Å². The Morgan fingerprint density at radius 3 is 2.71 bits per heavy atom. The summed E-state index contributed by atoms with van der Waals surface area (Å²) in [6.07, 6.45) is 6.21. The lowest BCUT2D eigenvalue weighted by Crippen LogP contribution is -2.46. The third kappa shape index (κ3) is 4.19. The molecular weight excluding hydrogens is 352 g/mol. The van der Waals surface area contributed by atoms with E-state index in [-0.39, 0.29) is 22.5 Å². The minimum Gasteiger partial charge on any atom is -0.349 e. The lowest BCUT2D eigenvalue weighted by molar-refractivity contribution is 0.0830. The standard InChI is InChI=1S/C16H22BrClN2O/c1-16(2,3)12-6-4-5-7-13(12)20-15(21)11-8-10(17)9-19-14(11)18/h8-9,12-13H,4-7H2,1-3H3,(H,20,21). The molecule has 1 saturated carbocycles. The maximum Gasteiger partial charge on any atom is 0.254 e. The van der Waals surface area contributed by atoms with Crippen molar-refractivity contribution in [1.29, 1.82) is 0 Å². The van der Waals surface area contributed by atoms with E-state index in [4.69, 9.17) is 11.6 Å². The number of aromatic nitrogens is 1. The molecule has 1 fully saturated rings. The van der Waals surface area contributed by atoms with Gasteiger partial charge in [-0.25, -0.2) is 4.98 Å². The Balaban J connectivity index is 2.15. The predicted molar refractivity (Wildman–Crippen MR) is 89.6 cm³/mol. The van der Waals surface area contributed by atoms with Crippen molar-refractivity contribution in [2.45, 2.75) is 52.5 Å². The highest BCUT2D eigenvalue weighted by atomic mass is 79.9. The zero-order valence-corrected chi connectivity index (χ0v) is 15.1. The van der Waals surface area contributed by atoms with Crippen LogP contribution in [0, 0.1) is 11.3 Å². The molecule has 1 amide bonds. The molecule has 0 spiro atoms. The highest BCUT2D eigenvalue weighted by Gasteiger charge is 2.35. The molecule has 1 heterocycles. The van der Waals surface area contributed by atoms with Crippen LogP contribution in [0.25, 0.3) is 0 Å². The molecule has 1 aliphatic carbocycles. The summed E-state index contributed by atoms with van der Waals surface area (Å²) in [4.78, 5) is 16.5. The fourth-order valence-electron chi connectivity index (χ4n) is 3.17. The van der Waals surface area contributed by atoms with E-state index in [9.17, 15) is 4.79 Å². The van der Waals surface area contributed by atoms with E-state index in [0.29, 0.717) is 11.5 Å². The van der Waals surface area contributed by atoms with E-state index in [0.717, 1.165) is 10.9 Å². The molecule has 1 aromatic rings. The topological polar surface area (TPSA) is 42.0 Å². The average molecular weight is 374 g/mol. The molecule has 1 aliphatic rings. The van der Waals surface area contributed by atoms with Crippen LogP contribution in [0.5, 0.6) is 0 Å². The molecule has 1 aromatic heterocycles.